The molecule has 272 valence electrons. The number of hydrogen-bond acceptors (Lipinski definition) is 6. The van der Waals surface area contributed by atoms with E-state index in [2.05, 4.69) is 141 Å². The summed E-state index contributed by atoms with van der Waals surface area (Å²) in [7, 11) is 1.40. The van der Waals surface area contributed by atoms with Crippen LogP contribution in [0.2, 0.25) is 18.6 Å². The van der Waals surface area contributed by atoms with Crippen LogP contribution in [-0.4, -0.2) is 43.8 Å². The molecule has 0 spiro atoms. The van der Waals surface area contributed by atoms with E-state index in [1.165, 1.54) is 5.19 Å². The number of carbonyl (C=O) groups is 2. The van der Waals surface area contributed by atoms with Crippen LogP contribution in [0.5, 0.6) is 11.8 Å². The van der Waals surface area contributed by atoms with Crippen molar-refractivity contribution in [2.24, 2.45) is 17.8 Å². The number of hydrogen-bond donors (Lipinski definition) is 0. The number of nitrogens with zero attached hydrogens (tertiary/aromatic N) is 2. The lowest BCUT2D eigenvalue weighted by atomic mass is 9.78. The Morgan fingerprint density at radius 1 is 0.800 bits per heavy atom. The Labute approximate surface area is 326 Å². The van der Waals surface area contributed by atoms with Crippen molar-refractivity contribution in [1.82, 2.24) is 9.97 Å². The summed E-state index contributed by atoms with van der Waals surface area (Å²) >= 11 is 10.3. The van der Waals surface area contributed by atoms with E-state index in [9.17, 15) is 9.59 Å². The van der Waals surface area contributed by atoms with E-state index in [1.807, 2.05) is 30.3 Å². The second-order valence-electron chi connectivity index (χ2n) is 12.4. The van der Waals surface area contributed by atoms with Gasteiger partial charge in [0.15, 0.2) is 5.78 Å². The van der Waals surface area contributed by atoms with Crippen molar-refractivity contribution in [2.45, 2.75) is 69.9 Å². The molecule has 50 heavy (non-hydrogen) atoms. The zero-order valence-corrected chi connectivity index (χ0v) is 36.2. The number of allylic oxidation sites excluding steroid dienone is 2. The lowest BCUT2D eigenvalue weighted by Crippen LogP contribution is -2.53. The summed E-state index contributed by atoms with van der Waals surface area (Å²) in [5, 5.41) is 2.16. The zero-order chi connectivity index (χ0) is 37.9. The van der Waals surface area contributed by atoms with Gasteiger partial charge in [-0.25, -0.2) is 9.97 Å². The van der Waals surface area contributed by atoms with Crippen LogP contribution in [0.15, 0.2) is 102 Å². The van der Waals surface area contributed by atoms with Gasteiger partial charge in [0.2, 0.25) is 11.8 Å². The normalized spacial score (nSPS) is 19.5. The Kier molecular flexibility index (Phi) is 21.5. The highest BCUT2D eigenvalue weighted by molar-refractivity contribution is 9.11. The Morgan fingerprint density at radius 2 is 1.34 bits per heavy atom. The number of alkyl halides is 1. The molecule has 0 unspecified atom stereocenters. The quantitative estimate of drug-likeness (QED) is 0.134. The molecule has 5 rings (SSSR count). The van der Waals surface area contributed by atoms with Gasteiger partial charge in [-0.3, -0.25) is 9.59 Å². The molecule has 4 atom stereocenters. The minimum absolute atomic E-state index is 0.0199. The van der Waals surface area contributed by atoms with Crippen molar-refractivity contribution in [2.75, 3.05) is 14.2 Å². The van der Waals surface area contributed by atoms with Gasteiger partial charge in [0.05, 0.1) is 33.7 Å². The van der Waals surface area contributed by atoms with Gasteiger partial charge in [-0.1, -0.05) is 84.5 Å². The fraction of sp³-hybridized carbons (Fsp3) is 0.400. The molecule has 6 nitrogen and oxygen atoms in total. The van der Waals surface area contributed by atoms with E-state index >= 15 is 0 Å². The van der Waals surface area contributed by atoms with Crippen LogP contribution >= 0.6 is 47.8 Å². The van der Waals surface area contributed by atoms with Crippen LogP contribution in [0.1, 0.15) is 50.9 Å². The summed E-state index contributed by atoms with van der Waals surface area (Å²) in [5.74, 6) is 3.09. The molecule has 0 radical (unpaired) electrons. The number of ether oxygens (including phenoxy) is 2. The van der Waals surface area contributed by atoms with E-state index in [4.69, 9.17) is 9.47 Å². The maximum atomic E-state index is 13.0. The third-order valence-electron chi connectivity index (χ3n) is 8.86. The molecule has 1 saturated carbocycles. The van der Waals surface area contributed by atoms with Gasteiger partial charge in [-0.2, -0.15) is 0 Å². The second-order valence-corrected chi connectivity index (χ2v) is 19.4. The Morgan fingerprint density at radius 3 is 1.82 bits per heavy atom. The minimum atomic E-state index is -1.83. The first-order valence-corrected chi connectivity index (χ1v) is 22.4. The number of benzene rings is 1. The number of rotatable bonds is 7. The van der Waals surface area contributed by atoms with Gasteiger partial charge in [0, 0.05) is 51.6 Å². The van der Waals surface area contributed by atoms with Crippen molar-refractivity contribution < 1.29 is 19.1 Å². The molecule has 3 aromatic rings. The summed E-state index contributed by atoms with van der Waals surface area (Å²) in [6.45, 7) is 21.3. The molecule has 0 bridgehead atoms. The topological polar surface area (TPSA) is 78.4 Å². The Hall–Kier alpha value is -2.66. The van der Waals surface area contributed by atoms with Crippen LogP contribution < -0.4 is 14.7 Å². The summed E-state index contributed by atoms with van der Waals surface area (Å²) in [5.41, 5.74) is 2.27. The molecule has 2 aromatic heterocycles. The van der Waals surface area contributed by atoms with Gasteiger partial charge < -0.3 is 9.47 Å². The average molecular weight is 894 g/mol. The second kappa shape index (κ2) is 23.7. The minimum Gasteiger partial charge on any atom is -0.481 e. The number of methoxy groups -OCH3 is 2. The molecule has 0 saturated heterocycles. The van der Waals surface area contributed by atoms with Gasteiger partial charge >= 0.3 is 0 Å². The standard InChI is InChI=1S/C22H28BrNO2Si.C7H7Br2NO.C7H10O.2C2H4/c1-15-10-12-20(25)17(14-19-18(23)11-13-21(24-19)26-2)22(15)27(3,4)16-8-6-5-7-9-16;1-11-7-3-2-5(9)6(4-8)10-7;1-6-2-4-7(8)5-3-6;2*1-2/h5-9,11,13,15,17,22H,10,12,14H2,1-4H3;2-3H,4H2,1H3;2,4,6H,3,5H2,1H3;2*1-2H2/t15-,17+,22+;;6-;;/m1.0../s1. The maximum Gasteiger partial charge on any atom is 0.213 e. The summed E-state index contributed by atoms with van der Waals surface area (Å²) in [6.07, 6.45) is 7.81. The molecule has 0 N–H and O–H groups in total. The van der Waals surface area contributed by atoms with Crippen molar-refractivity contribution in [3.63, 3.8) is 0 Å². The summed E-state index contributed by atoms with van der Waals surface area (Å²) in [6, 6.07) is 18.3. The van der Waals surface area contributed by atoms with Crippen LogP contribution in [0, 0.1) is 17.8 Å². The molecular weight excluding hydrogens is 840 g/mol. The third kappa shape index (κ3) is 13.8. The Balaban J connectivity index is 0.000000444. The fourth-order valence-corrected chi connectivity index (χ4v) is 12.2. The highest BCUT2D eigenvalue weighted by Gasteiger charge is 2.47. The molecule has 2 aliphatic rings. The van der Waals surface area contributed by atoms with Gasteiger partial charge in [-0.15, -0.1) is 26.3 Å². The number of halogens is 3. The predicted octanol–water partition coefficient (Wildman–Crippen LogP) is 10.9. The predicted molar refractivity (Wildman–Crippen MR) is 223 cm³/mol. The fourth-order valence-electron chi connectivity index (χ4n) is 6.27. The zero-order valence-electron chi connectivity index (χ0n) is 30.4. The molecule has 1 fully saturated rings. The number of carbonyl (C=O) groups excluding carboxylic acids is 2. The lowest BCUT2D eigenvalue weighted by Gasteiger charge is -2.44. The van der Waals surface area contributed by atoms with E-state index in [0.717, 1.165) is 44.9 Å². The van der Waals surface area contributed by atoms with Gasteiger partial charge in [0.25, 0.3) is 0 Å². The van der Waals surface area contributed by atoms with Gasteiger partial charge in [-0.05, 0) is 80.3 Å². The number of ketones is 2. The van der Waals surface area contributed by atoms with Crippen LogP contribution in [0.3, 0.4) is 0 Å². The summed E-state index contributed by atoms with van der Waals surface area (Å²) < 4.78 is 12.2. The number of pyridine rings is 2. The molecular formula is C40H53Br3N2O4Si. The van der Waals surface area contributed by atoms with Gasteiger partial charge in [0.1, 0.15) is 5.78 Å². The van der Waals surface area contributed by atoms with Crippen molar-refractivity contribution in [1.29, 1.82) is 0 Å². The maximum absolute atomic E-state index is 13.0. The molecule has 2 heterocycles. The first-order chi connectivity index (χ1) is 23.9. The van der Waals surface area contributed by atoms with E-state index in [1.54, 1.807) is 20.3 Å². The van der Waals surface area contributed by atoms with E-state index in [0.29, 0.717) is 47.8 Å². The smallest absolute Gasteiger partial charge is 0.213 e. The third-order valence-corrected chi connectivity index (χ3v) is 15.3. The number of aromatic nitrogens is 2. The van der Waals surface area contributed by atoms with Crippen molar-refractivity contribution in [3.05, 3.63) is 113 Å². The van der Waals surface area contributed by atoms with Crippen LogP contribution in [0.4, 0.5) is 0 Å². The van der Waals surface area contributed by atoms with Crippen LogP contribution in [0.25, 0.3) is 0 Å². The van der Waals surface area contributed by atoms with Crippen molar-refractivity contribution in [3.8, 4) is 11.8 Å². The lowest BCUT2D eigenvalue weighted by molar-refractivity contribution is -0.125. The molecule has 0 aliphatic heterocycles. The van der Waals surface area contributed by atoms with Crippen molar-refractivity contribution >= 4 is 72.6 Å². The first kappa shape index (κ1) is 45.4. The highest BCUT2D eigenvalue weighted by Crippen LogP contribution is 2.45. The molecule has 10 heteroatoms. The first-order valence-electron chi connectivity index (χ1n) is 16.6. The Bertz CT molecular complexity index is 1520. The molecule has 1 aromatic carbocycles. The molecule has 2 aliphatic carbocycles. The monoisotopic (exact) mass is 890 g/mol. The van der Waals surface area contributed by atoms with Crippen LogP contribution in [-0.2, 0) is 21.3 Å². The highest BCUT2D eigenvalue weighted by atomic mass is 79.9. The van der Waals surface area contributed by atoms with E-state index in [-0.39, 0.29) is 11.7 Å². The number of Topliss-reactive ketones (excluding diaryl/α,β-unsaturated/α-hetero) is 1. The molecule has 0 amide bonds. The average Bonchev–Trinajstić information content (AvgIpc) is 3.14. The SMILES string of the molecule is C=C.C=C.COc1ccc(Br)c(CBr)n1.COc1ccc(Br)c(C[C@H]2C(=O)CC[C@@H](C)[C@@H]2[Si](C)(C)c2ccccc2)n1.C[C@H]1C=CC(=O)CC1. The largest absolute Gasteiger partial charge is 0.481 e. The van der Waals surface area contributed by atoms with E-state index < -0.39 is 8.07 Å². The summed E-state index contributed by atoms with van der Waals surface area (Å²) in [4.78, 5) is 32.4.